The predicted octanol–water partition coefficient (Wildman–Crippen LogP) is 7.49. The lowest BCUT2D eigenvalue weighted by atomic mass is 9.58. The maximum absolute atomic E-state index is 13.6. The van der Waals surface area contributed by atoms with E-state index in [1.165, 1.54) is 11.3 Å². The quantitative estimate of drug-likeness (QED) is 0.0875. The number of piperidine rings is 2. The van der Waals surface area contributed by atoms with Gasteiger partial charge >= 0.3 is 5.97 Å². The van der Waals surface area contributed by atoms with Crippen molar-refractivity contribution in [3.63, 3.8) is 0 Å². The Kier molecular flexibility index (Phi) is 12.0. The maximum Gasteiger partial charge on any atom is 0.355 e. The van der Waals surface area contributed by atoms with Crippen LogP contribution in [0.25, 0.3) is 32.2 Å². The number of amides is 4. The average Bonchev–Trinajstić information content (AvgIpc) is 3.91. The van der Waals surface area contributed by atoms with Gasteiger partial charge in [-0.05, 0) is 147 Å². The minimum absolute atomic E-state index is 0.0532. The zero-order chi connectivity index (χ0) is 49.0. The molecular weight excluding hydrogens is 921 g/mol. The van der Waals surface area contributed by atoms with E-state index in [0.29, 0.717) is 78.6 Å². The number of fused-ring (bicyclic) bond motifs is 3. The van der Waals surface area contributed by atoms with Crippen molar-refractivity contribution in [2.45, 2.75) is 64.3 Å². The fourth-order valence-corrected chi connectivity index (χ4v) is 11.9. The van der Waals surface area contributed by atoms with E-state index >= 15 is 0 Å². The first-order valence-corrected chi connectivity index (χ1v) is 24.9. The molecule has 3 fully saturated rings. The molecule has 1 spiro atoms. The Balaban J connectivity index is 0.664. The number of carboxylic acids is 1. The Morgan fingerprint density at radius 1 is 0.915 bits per heavy atom. The van der Waals surface area contributed by atoms with E-state index in [0.717, 1.165) is 87.9 Å². The summed E-state index contributed by atoms with van der Waals surface area (Å²) in [5.41, 5.74) is 7.36. The van der Waals surface area contributed by atoms with Crippen molar-refractivity contribution in [2.24, 2.45) is 18.4 Å². The van der Waals surface area contributed by atoms with E-state index in [1.54, 1.807) is 10.9 Å². The number of benzene rings is 3. The van der Waals surface area contributed by atoms with Crippen LogP contribution in [0.15, 0.2) is 85.1 Å². The number of hydrogen-bond acceptors (Lipinski definition) is 13. The summed E-state index contributed by atoms with van der Waals surface area (Å²) in [5.74, 6) is -0.975. The minimum atomic E-state index is -1.13. The molecule has 362 valence electrons. The first kappa shape index (κ1) is 45.8. The summed E-state index contributed by atoms with van der Waals surface area (Å²) in [5, 5.41) is 24.7. The SMILES string of the molecule is Cc1cc(OCC2CC3(CCN(CC(=O)Nc4ccc5c(C6CCC(=O)NC6=O)nn(C)c5c4)CC3)C2)ccc1-c1ccc(N2CCc3ccnc(C(=O)Nc4nc5ccccc5s4)c3C2)nc1C(=O)O. The second-order valence-electron chi connectivity index (χ2n) is 19.4. The number of pyridine rings is 2. The Bertz CT molecular complexity index is 3260. The van der Waals surface area contributed by atoms with Crippen LogP contribution >= 0.6 is 11.3 Å². The number of thiazole rings is 1. The molecule has 4 aliphatic rings. The Hall–Kier alpha value is -7.57. The summed E-state index contributed by atoms with van der Waals surface area (Å²) in [6.07, 6.45) is 7.19. The molecule has 0 radical (unpaired) electrons. The van der Waals surface area contributed by atoms with Crippen LogP contribution in [0.1, 0.15) is 87.8 Å². The van der Waals surface area contributed by atoms with Crippen LogP contribution in [0.3, 0.4) is 0 Å². The van der Waals surface area contributed by atoms with Gasteiger partial charge in [0.1, 0.15) is 17.3 Å². The van der Waals surface area contributed by atoms with Gasteiger partial charge in [-0.2, -0.15) is 5.10 Å². The van der Waals surface area contributed by atoms with E-state index in [9.17, 15) is 29.1 Å². The Morgan fingerprint density at radius 2 is 1.73 bits per heavy atom. The van der Waals surface area contributed by atoms with Crippen LogP contribution in [0, 0.1) is 18.3 Å². The van der Waals surface area contributed by atoms with Crippen LogP contribution < -0.4 is 25.6 Å². The highest BCUT2D eigenvalue weighted by molar-refractivity contribution is 7.22. The van der Waals surface area contributed by atoms with E-state index in [-0.39, 0.29) is 41.2 Å². The number of likely N-dealkylation sites (tertiary alicyclic amines) is 1. The van der Waals surface area contributed by atoms with Crippen molar-refractivity contribution in [1.82, 2.24) is 34.9 Å². The number of anilines is 3. The molecule has 2 saturated heterocycles. The number of carbonyl (C=O) groups excluding carboxylic acids is 4. The third-order valence-corrected chi connectivity index (χ3v) is 15.7. The largest absolute Gasteiger partial charge is 0.493 e. The minimum Gasteiger partial charge on any atom is -0.493 e. The monoisotopic (exact) mass is 972 g/mol. The standard InChI is InChI=1S/C53H52N10O7S/c1-30-23-34(70-29-31-25-53(26-31)17-21-62(22-18-53)28-45(65)55-33-7-9-37-41(24-33)61(2)60-46(37)38-12-14-44(64)58-49(38)66)8-10-35(30)36-11-13-43(57-48(36)51(68)69)63-20-16-32-15-19-54-47(39(32)27-63)50(67)59-52-56-40-5-3-4-6-42(40)71-52/h3-11,13,15,19,23-24,31,38H,12,14,16-18,20-22,25-29H2,1-2H3,(H,55,65)(H,68,69)(H,56,59,67)(H,58,64,66). The highest BCUT2D eigenvalue weighted by Gasteiger charge is 2.46. The van der Waals surface area contributed by atoms with Gasteiger partial charge in [-0.15, -0.1) is 0 Å². The molecule has 3 aliphatic heterocycles. The summed E-state index contributed by atoms with van der Waals surface area (Å²) in [6.45, 7) is 5.48. The van der Waals surface area contributed by atoms with Gasteiger partial charge in [0.15, 0.2) is 10.8 Å². The van der Waals surface area contributed by atoms with E-state index in [1.807, 2.05) is 97.7 Å². The fourth-order valence-electron chi connectivity index (χ4n) is 11.0. The molecule has 1 aliphatic carbocycles. The summed E-state index contributed by atoms with van der Waals surface area (Å²) < 4.78 is 9.01. The Morgan fingerprint density at radius 3 is 2.52 bits per heavy atom. The van der Waals surface area contributed by atoms with Crippen molar-refractivity contribution >= 4 is 78.7 Å². The lowest BCUT2D eigenvalue weighted by Crippen LogP contribution is -2.49. The topological polar surface area (TPSA) is 214 Å². The number of aromatic carboxylic acids is 1. The van der Waals surface area contributed by atoms with E-state index in [4.69, 9.17) is 4.74 Å². The van der Waals surface area contributed by atoms with Crippen LogP contribution in [-0.2, 0) is 34.4 Å². The first-order chi connectivity index (χ1) is 34.3. The highest BCUT2D eigenvalue weighted by atomic mass is 32.1. The molecule has 18 heteroatoms. The smallest absolute Gasteiger partial charge is 0.355 e. The number of para-hydroxylation sites is 1. The number of aromatic nitrogens is 5. The summed E-state index contributed by atoms with van der Waals surface area (Å²) in [6, 6.07) is 24.6. The zero-order valence-corrected chi connectivity index (χ0v) is 40.2. The molecule has 71 heavy (non-hydrogen) atoms. The van der Waals surface area contributed by atoms with Gasteiger partial charge in [0.05, 0.1) is 40.5 Å². The molecule has 3 aromatic carbocycles. The number of ether oxygens (including phenoxy) is 1. The molecule has 11 rings (SSSR count). The van der Waals surface area contributed by atoms with Gasteiger partial charge < -0.3 is 20.1 Å². The van der Waals surface area contributed by atoms with Crippen molar-refractivity contribution in [1.29, 1.82) is 0 Å². The molecular formula is C53H52N10O7S. The van der Waals surface area contributed by atoms with Crippen molar-refractivity contribution in [2.75, 3.05) is 48.3 Å². The number of nitrogens with one attached hydrogen (secondary N) is 3. The lowest BCUT2D eigenvalue weighted by molar-refractivity contribution is -0.134. The Labute approximate surface area is 412 Å². The second-order valence-corrected chi connectivity index (χ2v) is 20.4. The second kappa shape index (κ2) is 18.6. The van der Waals surface area contributed by atoms with Gasteiger partial charge in [0.2, 0.25) is 17.7 Å². The molecule has 1 unspecified atom stereocenters. The predicted molar refractivity (Wildman–Crippen MR) is 269 cm³/mol. The van der Waals surface area contributed by atoms with Gasteiger partial charge in [-0.3, -0.25) is 44.4 Å². The molecule has 7 aromatic rings. The average molecular weight is 973 g/mol. The van der Waals surface area contributed by atoms with Crippen LogP contribution in [0.5, 0.6) is 5.75 Å². The van der Waals surface area contributed by atoms with Crippen LogP contribution in [-0.4, -0.2) is 97.1 Å². The van der Waals surface area contributed by atoms with Gasteiger partial charge in [-0.1, -0.05) is 29.5 Å². The molecule has 17 nitrogen and oxygen atoms in total. The highest BCUT2D eigenvalue weighted by Crippen LogP contribution is 2.52. The zero-order valence-electron chi connectivity index (χ0n) is 39.4. The number of hydrogen-bond donors (Lipinski definition) is 4. The van der Waals surface area contributed by atoms with Gasteiger partial charge in [0.25, 0.3) is 5.91 Å². The third-order valence-electron chi connectivity index (χ3n) is 14.7. The number of carbonyl (C=O) groups is 5. The van der Waals surface area contributed by atoms with Crippen molar-refractivity contribution in [3.05, 3.63) is 119 Å². The number of nitrogens with zero attached hydrogens (tertiary/aromatic N) is 7. The summed E-state index contributed by atoms with van der Waals surface area (Å²) >= 11 is 1.40. The van der Waals surface area contributed by atoms with Crippen LogP contribution in [0.4, 0.5) is 16.6 Å². The molecule has 1 atom stereocenters. The molecule has 4 aromatic heterocycles. The number of aryl methyl sites for hydroxylation is 2. The number of rotatable bonds is 12. The molecule has 1 saturated carbocycles. The maximum atomic E-state index is 13.6. The van der Waals surface area contributed by atoms with Crippen molar-refractivity contribution < 1.29 is 33.8 Å². The molecule has 4 N–H and O–H groups in total. The van der Waals surface area contributed by atoms with Crippen LogP contribution in [0.2, 0.25) is 0 Å². The van der Waals surface area contributed by atoms with Gasteiger partial charge in [-0.25, -0.2) is 14.8 Å². The molecule has 4 amide bonds. The molecule has 7 heterocycles. The molecule has 0 bridgehead atoms. The summed E-state index contributed by atoms with van der Waals surface area (Å²) in [4.78, 5) is 81.6. The van der Waals surface area contributed by atoms with Crippen molar-refractivity contribution in [3.8, 4) is 16.9 Å². The van der Waals surface area contributed by atoms with E-state index in [2.05, 4.69) is 40.9 Å². The third kappa shape index (κ3) is 9.20. The lowest BCUT2D eigenvalue weighted by Gasteiger charge is -2.52. The number of carboxylic acid groups (broad SMARTS) is 1. The van der Waals surface area contributed by atoms with Gasteiger partial charge in [0, 0.05) is 55.0 Å². The number of imide groups is 1. The van der Waals surface area contributed by atoms with E-state index < -0.39 is 11.9 Å². The summed E-state index contributed by atoms with van der Waals surface area (Å²) in [7, 11) is 1.81. The normalized spacial score (nSPS) is 18.0. The fraction of sp³-hybridized carbons (Fsp3) is 0.340. The first-order valence-electron chi connectivity index (χ1n) is 24.0.